The number of halogens is 2. The van der Waals surface area contributed by atoms with Gasteiger partial charge in [0.05, 0.1) is 11.7 Å². The van der Waals surface area contributed by atoms with E-state index in [2.05, 4.69) is 31.2 Å². The zero-order valence-electron chi connectivity index (χ0n) is 10.1. The summed E-state index contributed by atoms with van der Waals surface area (Å²) in [6, 6.07) is 6.38. The molecule has 0 aliphatic heterocycles. The summed E-state index contributed by atoms with van der Waals surface area (Å²) in [4.78, 5) is 8.38. The Morgan fingerprint density at radius 1 is 1.33 bits per heavy atom. The van der Waals surface area contributed by atoms with E-state index >= 15 is 0 Å². The Morgan fingerprint density at radius 3 is 2.78 bits per heavy atom. The molecule has 0 bridgehead atoms. The monoisotopic (exact) mass is 309 g/mol. The van der Waals surface area contributed by atoms with Crippen LogP contribution in [0.25, 0.3) is 0 Å². The quantitative estimate of drug-likeness (QED) is 0.947. The minimum absolute atomic E-state index is 0.256. The molecule has 0 saturated heterocycles. The summed E-state index contributed by atoms with van der Waals surface area (Å²) < 4.78 is 14.7. The van der Waals surface area contributed by atoms with E-state index in [-0.39, 0.29) is 11.9 Å². The first-order valence-electron chi connectivity index (χ1n) is 5.53. The number of aromatic nitrogens is 2. The maximum Gasteiger partial charge on any atom is 0.128 e. The van der Waals surface area contributed by atoms with Gasteiger partial charge in [0.2, 0.25) is 0 Å². The van der Waals surface area contributed by atoms with Crippen LogP contribution in [0, 0.1) is 12.7 Å². The Balaban J connectivity index is 2.48. The topological polar surface area (TPSA) is 37.8 Å². The Kier molecular flexibility index (Phi) is 4.04. The highest BCUT2D eigenvalue weighted by molar-refractivity contribution is 9.10. The lowest BCUT2D eigenvalue weighted by molar-refractivity contribution is 0.568. The lowest BCUT2D eigenvalue weighted by Gasteiger charge is -2.17. The average molecular weight is 310 g/mol. The van der Waals surface area contributed by atoms with Crippen molar-refractivity contribution in [1.82, 2.24) is 15.3 Å². The first-order valence-corrected chi connectivity index (χ1v) is 6.33. The number of nitrogens with zero attached hydrogens (tertiary/aromatic N) is 2. The molecule has 0 fully saturated rings. The van der Waals surface area contributed by atoms with Crippen LogP contribution in [0.5, 0.6) is 0 Å². The van der Waals surface area contributed by atoms with Crippen LogP contribution in [0.4, 0.5) is 4.39 Å². The minimum atomic E-state index is -0.288. The molecular formula is C13H13BrFN3. The van der Waals surface area contributed by atoms with Gasteiger partial charge >= 0.3 is 0 Å². The van der Waals surface area contributed by atoms with Gasteiger partial charge in [0.15, 0.2) is 0 Å². The molecule has 1 aromatic carbocycles. The lowest BCUT2D eigenvalue weighted by Crippen LogP contribution is -2.20. The SMILES string of the molecule is CNC(c1ccnc(C)n1)c1cc(Br)ccc1F. The van der Waals surface area contributed by atoms with Gasteiger partial charge in [0.25, 0.3) is 0 Å². The van der Waals surface area contributed by atoms with E-state index in [9.17, 15) is 4.39 Å². The third-order valence-corrected chi connectivity index (χ3v) is 3.14. The molecule has 1 N–H and O–H groups in total. The lowest BCUT2D eigenvalue weighted by atomic mass is 10.0. The predicted octanol–water partition coefficient (Wildman–Crippen LogP) is 3.00. The number of nitrogens with one attached hydrogen (secondary N) is 1. The molecule has 18 heavy (non-hydrogen) atoms. The molecule has 0 radical (unpaired) electrons. The van der Waals surface area contributed by atoms with Crippen molar-refractivity contribution < 1.29 is 4.39 Å². The molecule has 1 unspecified atom stereocenters. The van der Waals surface area contributed by atoms with Crippen LogP contribution in [0.2, 0.25) is 0 Å². The van der Waals surface area contributed by atoms with Crippen molar-refractivity contribution in [2.24, 2.45) is 0 Å². The summed E-state index contributed by atoms with van der Waals surface area (Å²) >= 11 is 3.35. The van der Waals surface area contributed by atoms with Gasteiger partial charge in [-0.3, -0.25) is 0 Å². The van der Waals surface area contributed by atoms with E-state index < -0.39 is 0 Å². The van der Waals surface area contributed by atoms with Gasteiger partial charge in [-0.2, -0.15) is 0 Å². The van der Waals surface area contributed by atoms with Crippen molar-refractivity contribution in [3.8, 4) is 0 Å². The summed E-state index contributed by atoms with van der Waals surface area (Å²) in [7, 11) is 1.78. The largest absolute Gasteiger partial charge is 0.308 e. The molecule has 2 aromatic rings. The van der Waals surface area contributed by atoms with Crippen LogP contribution in [0.15, 0.2) is 34.9 Å². The fraction of sp³-hybridized carbons (Fsp3) is 0.231. The molecule has 1 heterocycles. The van der Waals surface area contributed by atoms with Crippen molar-refractivity contribution in [3.05, 3.63) is 57.8 Å². The van der Waals surface area contributed by atoms with Crippen molar-refractivity contribution in [2.75, 3.05) is 7.05 Å². The zero-order chi connectivity index (χ0) is 13.1. The molecule has 0 amide bonds. The fourth-order valence-corrected chi connectivity index (χ4v) is 2.21. The zero-order valence-corrected chi connectivity index (χ0v) is 11.7. The first-order chi connectivity index (χ1) is 8.61. The van der Waals surface area contributed by atoms with Gasteiger partial charge in [-0.1, -0.05) is 15.9 Å². The van der Waals surface area contributed by atoms with Crippen LogP contribution in [0.1, 0.15) is 23.1 Å². The molecular weight excluding hydrogens is 297 g/mol. The number of aryl methyl sites for hydroxylation is 1. The third-order valence-electron chi connectivity index (χ3n) is 2.65. The molecule has 0 aliphatic carbocycles. The highest BCUT2D eigenvalue weighted by Crippen LogP contribution is 2.25. The maximum absolute atomic E-state index is 13.9. The van der Waals surface area contributed by atoms with Crippen LogP contribution >= 0.6 is 15.9 Å². The van der Waals surface area contributed by atoms with E-state index in [4.69, 9.17) is 0 Å². The highest BCUT2D eigenvalue weighted by atomic mass is 79.9. The number of hydrogen-bond donors (Lipinski definition) is 1. The highest BCUT2D eigenvalue weighted by Gasteiger charge is 2.18. The van der Waals surface area contributed by atoms with E-state index in [0.29, 0.717) is 11.4 Å². The van der Waals surface area contributed by atoms with Crippen LogP contribution in [0.3, 0.4) is 0 Å². The summed E-state index contributed by atoms with van der Waals surface area (Å²) in [6.07, 6.45) is 1.68. The van der Waals surface area contributed by atoms with Crippen molar-refractivity contribution in [3.63, 3.8) is 0 Å². The summed E-state index contributed by atoms with van der Waals surface area (Å²) in [5, 5.41) is 3.08. The second kappa shape index (κ2) is 5.54. The first kappa shape index (κ1) is 13.1. The van der Waals surface area contributed by atoms with Crippen LogP contribution in [-0.4, -0.2) is 17.0 Å². The molecule has 94 valence electrons. The second-order valence-electron chi connectivity index (χ2n) is 3.92. The molecule has 0 spiro atoms. The minimum Gasteiger partial charge on any atom is -0.308 e. The summed E-state index contributed by atoms with van der Waals surface area (Å²) in [6.45, 7) is 1.81. The van der Waals surface area contributed by atoms with Crippen molar-refractivity contribution in [2.45, 2.75) is 13.0 Å². The van der Waals surface area contributed by atoms with Crippen LogP contribution in [-0.2, 0) is 0 Å². The summed E-state index contributed by atoms with van der Waals surface area (Å²) in [5.41, 5.74) is 1.31. The third kappa shape index (κ3) is 2.73. The fourth-order valence-electron chi connectivity index (χ4n) is 1.83. The Hall–Kier alpha value is -1.33. The van der Waals surface area contributed by atoms with Gasteiger partial charge in [-0.25, -0.2) is 14.4 Å². The Bertz CT molecular complexity index is 560. The normalized spacial score (nSPS) is 12.4. The molecule has 0 aliphatic rings. The average Bonchev–Trinajstić information content (AvgIpc) is 2.35. The van der Waals surface area contributed by atoms with E-state index in [0.717, 1.165) is 10.2 Å². The van der Waals surface area contributed by atoms with E-state index in [1.165, 1.54) is 6.07 Å². The van der Waals surface area contributed by atoms with Crippen molar-refractivity contribution in [1.29, 1.82) is 0 Å². The summed E-state index contributed by atoms with van der Waals surface area (Å²) in [5.74, 6) is 0.414. The second-order valence-corrected chi connectivity index (χ2v) is 4.83. The van der Waals surface area contributed by atoms with E-state index in [1.54, 1.807) is 31.4 Å². The van der Waals surface area contributed by atoms with Gasteiger partial charge in [-0.05, 0) is 38.2 Å². The van der Waals surface area contributed by atoms with Crippen molar-refractivity contribution >= 4 is 15.9 Å². The standard InChI is InChI=1S/C13H13BrFN3/c1-8-17-6-5-12(18-8)13(16-2)10-7-9(14)3-4-11(10)15/h3-7,13,16H,1-2H3. The number of benzene rings is 1. The van der Waals surface area contributed by atoms with Gasteiger partial charge < -0.3 is 5.32 Å². The number of hydrogen-bond acceptors (Lipinski definition) is 3. The molecule has 2 rings (SSSR count). The van der Waals surface area contributed by atoms with E-state index in [1.807, 2.05) is 6.92 Å². The maximum atomic E-state index is 13.9. The van der Waals surface area contributed by atoms with Gasteiger partial charge in [0.1, 0.15) is 11.6 Å². The molecule has 5 heteroatoms. The number of rotatable bonds is 3. The molecule has 3 nitrogen and oxygen atoms in total. The Labute approximate surface area is 114 Å². The smallest absolute Gasteiger partial charge is 0.128 e. The van der Waals surface area contributed by atoms with Crippen LogP contribution < -0.4 is 5.32 Å². The van der Waals surface area contributed by atoms with Gasteiger partial charge in [0, 0.05) is 16.2 Å². The molecule has 1 atom stereocenters. The van der Waals surface area contributed by atoms with Gasteiger partial charge in [-0.15, -0.1) is 0 Å². The molecule has 1 aromatic heterocycles. The molecule has 0 saturated carbocycles. The predicted molar refractivity (Wildman–Crippen MR) is 71.8 cm³/mol. The Morgan fingerprint density at radius 2 is 2.11 bits per heavy atom.